The van der Waals surface area contributed by atoms with Crippen LogP contribution >= 0.6 is 0 Å². The molecule has 0 radical (unpaired) electrons. The van der Waals surface area contributed by atoms with E-state index >= 15 is 0 Å². The van der Waals surface area contributed by atoms with E-state index in [-0.39, 0.29) is 18.0 Å². The molecule has 1 aromatic rings. The van der Waals surface area contributed by atoms with Crippen LogP contribution in [0.3, 0.4) is 0 Å². The van der Waals surface area contributed by atoms with Crippen molar-refractivity contribution in [2.24, 2.45) is 0 Å². The highest BCUT2D eigenvalue weighted by Gasteiger charge is 2.09. The monoisotopic (exact) mass is 282 g/mol. The molecule has 1 rings (SSSR count). The van der Waals surface area contributed by atoms with Crippen molar-refractivity contribution in [2.45, 2.75) is 26.4 Å². The van der Waals surface area contributed by atoms with Gasteiger partial charge in [-0.1, -0.05) is 0 Å². The molecule has 112 valence electrons. The number of aromatic nitrogens is 3. The van der Waals surface area contributed by atoms with Crippen molar-refractivity contribution in [2.75, 3.05) is 38.3 Å². The predicted octanol–water partition coefficient (Wildman–Crippen LogP) is 0.591. The Balaban J connectivity index is 2.66. The summed E-state index contributed by atoms with van der Waals surface area (Å²) in [5, 5.41) is 5.83. The third-order valence-corrected chi connectivity index (χ3v) is 2.30. The molecule has 0 aliphatic rings. The molecule has 0 aliphatic heterocycles. The van der Waals surface area contributed by atoms with Gasteiger partial charge in [-0.2, -0.15) is 15.0 Å². The Morgan fingerprint density at radius 1 is 1.25 bits per heavy atom. The number of carbonyl (C=O) groups is 1. The Hall–Kier alpha value is -2.12. The van der Waals surface area contributed by atoms with Gasteiger partial charge >= 0.3 is 6.01 Å². The lowest BCUT2D eigenvalue weighted by atomic mass is 10.4. The van der Waals surface area contributed by atoms with Crippen molar-refractivity contribution in [1.29, 1.82) is 0 Å². The molecule has 8 heteroatoms. The number of amides is 1. The Labute approximate surface area is 119 Å². The molecule has 0 unspecified atom stereocenters. The zero-order valence-electron chi connectivity index (χ0n) is 12.6. The molecule has 0 saturated carbocycles. The average molecular weight is 282 g/mol. The fourth-order valence-electron chi connectivity index (χ4n) is 1.32. The zero-order valence-corrected chi connectivity index (χ0v) is 12.6. The van der Waals surface area contributed by atoms with Crippen LogP contribution in [0.15, 0.2) is 0 Å². The first-order valence-electron chi connectivity index (χ1n) is 6.47. The van der Waals surface area contributed by atoms with Gasteiger partial charge in [0.1, 0.15) is 0 Å². The van der Waals surface area contributed by atoms with E-state index in [0.29, 0.717) is 24.9 Å². The lowest BCUT2D eigenvalue weighted by Crippen LogP contribution is -2.24. The summed E-state index contributed by atoms with van der Waals surface area (Å²) in [6.07, 6.45) is 0.346. The molecule has 0 spiro atoms. The summed E-state index contributed by atoms with van der Waals surface area (Å²) in [6, 6.07) is 0.251. The number of hydrogen-bond acceptors (Lipinski definition) is 7. The van der Waals surface area contributed by atoms with Crippen LogP contribution < -0.4 is 15.4 Å². The second kappa shape index (κ2) is 7.46. The maximum atomic E-state index is 11.5. The SMILES string of the molecule is CNc1nc(NCCC(=O)N(C)C)nc(OC(C)C)n1. The first-order valence-corrected chi connectivity index (χ1v) is 6.47. The van der Waals surface area contributed by atoms with Gasteiger partial charge in [0.15, 0.2) is 0 Å². The second-order valence-electron chi connectivity index (χ2n) is 4.65. The van der Waals surface area contributed by atoms with Gasteiger partial charge in [0.2, 0.25) is 17.8 Å². The van der Waals surface area contributed by atoms with Crippen LogP contribution in [0.2, 0.25) is 0 Å². The van der Waals surface area contributed by atoms with Gasteiger partial charge < -0.3 is 20.3 Å². The number of ether oxygens (including phenoxy) is 1. The highest BCUT2D eigenvalue weighted by molar-refractivity contribution is 5.75. The Morgan fingerprint density at radius 2 is 1.90 bits per heavy atom. The number of rotatable bonds is 7. The average Bonchev–Trinajstić information content (AvgIpc) is 2.37. The quantitative estimate of drug-likeness (QED) is 0.756. The first kappa shape index (κ1) is 15.9. The van der Waals surface area contributed by atoms with E-state index in [1.807, 2.05) is 13.8 Å². The fraction of sp³-hybridized carbons (Fsp3) is 0.667. The molecule has 1 aromatic heterocycles. The summed E-state index contributed by atoms with van der Waals surface area (Å²) < 4.78 is 5.45. The molecule has 2 N–H and O–H groups in total. The zero-order chi connectivity index (χ0) is 15.1. The minimum atomic E-state index is -0.0229. The van der Waals surface area contributed by atoms with Gasteiger partial charge in [0.25, 0.3) is 0 Å². The molecule has 0 bridgehead atoms. The largest absolute Gasteiger partial charge is 0.461 e. The van der Waals surface area contributed by atoms with Crippen molar-refractivity contribution in [3.05, 3.63) is 0 Å². The number of nitrogens with zero attached hydrogens (tertiary/aromatic N) is 4. The van der Waals surface area contributed by atoms with Crippen LogP contribution in [0, 0.1) is 0 Å². The van der Waals surface area contributed by atoms with E-state index in [0.717, 1.165) is 0 Å². The smallest absolute Gasteiger partial charge is 0.323 e. The van der Waals surface area contributed by atoms with Gasteiger partial charge in [0, 0.05) is 34.1 Å². The number of nitrogens with one attached hydrogen (secondary N) is 2. The summed E-state index contributed by atoms with van der Waals surface area (Å²) in [4.78, 5) is 25.4. The molecule has 0 atom stereocenters. The standard InChI is InChI=1S/C12H22N6O2/c1-8(2)20-12-16-10(13-3)15-11(17-12)14-7-6-9(19)18(4)5/h8H,6-7H2,1-5H3,(H2,13,14,15,16,17). The van der Waals surface area contributed by atoms with Crippen molar-refractivity contribution in [3.63, 3.8) is 0 Å². The molecule has 0 aromatic carbocycles. The topological polar surface area (TPSA) is 92.3 Å². The molecule has 20 heavy (non-hydrogen) atoms. The molecule has 0 fully saturated rings. The maximum absolute atomic E-state index is 11.5. The third kappa shape index (κ3) is 5.25. The number of anilines is 2. The lowest BCUT2D eigenvalue weighted by molar-refractivity contribution is -0.128. The van der Waals surface area contributed by atoms with E-state index in [2.05, 4.69) is 25.6 Å². The highest BCUT2D eigenvalue weighted by atomic mass is 16.5. The van der Waals surface area contributed by atoms with Crippen LogP contribution in [0.5, 0.6) is 6.01 Å². The van der Waals surface area contributed by atoms with Crippen molar-refractivity contribution >= 4 is 17.8 Å². The maximum Gasteiger partial charge on any atom is 0.323 e. The van der Waals surface area contributed by atoms with Crippen molar-refractivity contribution in [1.82, 2.24) is 19.9 Å². The Morgan fingerprint density at radius 3 is 2.45 bits per heavy atom. The van der Waals surface area contributed by atoms with Crippen LogP contribution in [-0.2, 0) is 4.79 Å². The van der Waals surface area contributed by atoms with Crippen molar-refractivity contribution < 1.29 is 9.53 Å². The third-order valence-electron chi connectivity index (χ3n) is 2.30. The summed E-state index contributed by atoms with van der Waals surface area (Å²) in [5.74, 6) is 0.836. The second-order valence-corrected chi connectivity index (χ2v) is 4.65. The molecule has 1 heterocycles. The lowest BCUT2D eigenvalue weighted by Gasteiger charge is -2.12. The minimum Gasteiger partial charge on any atom is -0.461 e. The first-order chi connectivity index (χ1) is 9.42. The van der Waals surface area contributed by atoms with Gasteiger partial charge in [-0.05, 0) is 13.8 Å². The van der Waals surface area contributed by atoms with Gasteiger partial charge in [0.05, 0.1) is 6.10 Å². The molecule has 0 saturated heterocycles. The van der Waals surface area contributed by atoms with Gasteiger partial charge in [-0.3, -0.25) is 4.79 Å². The summed E-state index contributed by atoms with van der Waals surface area (Å²) in [5.41, 5.74) is 0. The summed E-state index contributed by atoms with van der Waals surface area (Å²) in [6.45, 7) is 4.24. The van der Waals surface area contributed by atoms with Crippen LogP contribution in [-0.4, -0.2) is 59.6 Å². The molecular formula is C12H22N6O2. The summed E-state index contributed by atoms with van der Waals surface area (Å²) >= 11 is 0. The van der Waals surface area contributed by atoms with Crippen LogP contribution in [0.1, 0.15) is 20.3 Å². The molecule has 8 nitrogen and oxygen atoms in total. The highest BCUT2D eigenvalue weighted by Crippen LogP contribution is 2.12. The van der Waals surface area contributed by atoms with E-state index in [9.17, 15) is 4.79 Å². The summed E-state index contributed by atoms with van der Waals surface area (Å²) in [7, 11) is 5.16. The van der Waals surface area contributed by atoms with E-state index in [1.54, 1.807) is 26.0 Å². The molecular weight excluding hydrogens is 260 g/mol. The van der Waals surface area contributed by atoms with E-state index < -0.39 is 0 Å². The van der Waals surface area contributed by atoms with Crippen LogP contribution in [0.4, 0.5) is 11.9 Å². The predicted molar refractivity (Wildman–Crippen MR) is 76.9 cm³/mol. The van der Waals surface area contributed by atoms with E-state index in [4.69, 9.17) is 4.74 Å². The van der Waals surface area contributed by atoms with Crippen molar-refractivity contribution in [3.8, 4) is 6.01 Å². The molecule has 1 amide bonds. The molecule has 0 aliphatic carbocycles. The van der Waals surface area contributed by atoms with E-state index in [1.165, 1.54) is 0 Å². The minimum absolute atomic E-state index is 0.0229. The van der Waals surface area contributed by atoms with Crippen LogP contribution in [0.25, 0.3) is 0 Å². The normalized spacial score (nSPS) is 10.3. The number of carbonyl (C=O) groups excluding carboxylic acids is 1. The number of hydrogen-bond donors (Lipinski definition) is 2. The van der Waals surface area contributed by atoms with Gasteiger partial charge in [-0.25, -0.2) is 0 Å². The van der Waals surface area contributed by atoms with Gasteiger partial charge in [-0.15, -0.1) is 0 Å². The Bertz CT molecular complexity index is 450. The Kier molecular flexibility index (Phi) is 5.95. The fourth-order valence-corrected chi connectivity index (χ4v) is 1.32.